The van der Waals surface area contributed by atoms with Crippen molar-refractivity contribution in [3.8, 4) is 72.4 Å². The SMILES string of the molecule is CC1(C)c2ccccc2-c2cc(-c3cccc(N(c4cccc(-c5cccc(-c6ccccc6)c5)c4)c4ccccc4-c4cccc5c6ccccc6n(-c6ccccc6)c45)c3-c3ccccc3)ccc21. The van der Waals surface area contributed by atoms with Gasteiger partial charge in [0.15, 0.2) is 0 Å². The van der Waals surface area contributed by atoms with E-state index in [0.717, 1.165) is 50.6 Å². The van der Waals surface area contributed by atoms with Crippen molar-refractivity contribution in [3.05, 3.63) is 278 Å². The molecule has 1 heterocycles. The van der Waals surface area contributed by atoms with Gasteiger partial charge in [-0.25, -0.2) is 0 Å². The van der Waals surface area contributed by atoms with Gasteiger partial charge >= 0.3 is 0 Å². The first-order valence-electron chi connectivity index (χ1n) is 24.7. The van der Waals surface area contributed by atoms with E-state index < -0.39 is 0 Å². The monoisotopic (exact) mass is 906 g/mol. The summed E-state index contributed by atoms with van der Waals surface area (Å²) in [4.78, 5) is 2.52. The van der Waals surface area contributed by atoms with Gasteiger partial charge in [-0.3, -0.25) is 0 Å². The van der Waals surface area contributed by atoms with Gasteiger partial charge in [0, 0.05) is 44.3 Å². The number of benzene rings is 11. The van der Waals surface area contributed by atoms with Crippen LogP contribution in [0, 0.1) is 0 Å². The van der Waals surface area contributed by atoms with E-state index >= 15 is 0 Å². The molecule has 0 saturated heterocycles. The minimum Gasteiger partial charge on any atom is -0.309 e. The van der Waals surface area contributed by atoms with Gasteiger partial charge in [-0.15, -0.1) is 0 Å². The number of aromatic nitrogens is 1. The van der Waals surface area contributed by atoms with Crippen LogP contribution in [0.1, 0.15) is 25.0 Å². The number of hydrogen-bond acceptors (Lipinski definition) is 1. The Balaban J connectivity index is 1.08. The Morgan fingerprint density at radius 3 is 1.66 bits per heavy atom. The van der Waals surface area contributed by atoms with Crippen LogP contribution in [0.15, 0.2) is 267 Å². The van der Waals surface area contributed by atoms with E-state index in [1.165, 1.54) is 71.9 Å². The molecule has 0 atom stereocenters. The maximum atomic E-state index is 2.52. The summed E-state index contributed by atoms with van der Waals surface area (Å²) in [6.07, 6.45) is 0. The summed E-state index contributed by atoms with van der Waals surface area (Å²) >= 11 is 0. The smallest absolute Gasteiger partial charge is 0.0620 e. The zero-order valence-electron chi connectivity index (χ0n) is 39.8. The molecule has 0 saturated carbocycles. The van der Waals surface area contributed by atoms with Crippen LogP contribution < -0.4 is 4.90 Å². The molecule has 0 radical (unpaired) electrons. The normalized spacial score (nSPS) is 12.5. The lowest BCUT2D eigenvalue weighted by molar-refractivity contribution is 0.660. The lowest BCUT2D eigenvalue weighted by atomic mass is 9.82. The molecule has 0 unspecified atom stereocenters. The molecule has 0 spiro atoms. The highest BCUT2D eigenvalue weighted by Gasteiger charge is 2.35. The van der Waals surface area contributed by atoms with E-state index in [0.29, 0.717) is 0 Å². The molecule has 2 nitrogen and oxygen atoms in total. The Kier molecular flexibility index (Phi) is 10.2. The summed E-state index contributed by atoms with van der Waals surface area (Å²) in [5.74, 6) is 0. The zero-order valence-corrected chi connectivity index (χ0v) is 39.8. The molecule has 1 aliphatic rings. The van der Waals surface area contributed by atoms with Gasteiger partial charge in [0.05, 0.1) is 22.4 Å². The summed E-state index contributed by atoms with van der Waals surface area (Å²) in [6, 6.07) is 98.1. The van der Waals surface area contributed by atoms with Crippen molar-refractivity contribution in [3.63, 3.8) is 0 Å². The predicted octanol–water partition coefficient (Wildman–Crippen LogP) is 18.9. The van der Waals surface area contributed by atoms with Crippen LogP contribution in [0.4, 0.5) is 17.1 Å². The van der Waals surface area contributed by atoms with E-state index in [1.54, 1.807) is 0 Å². The van der Waals surface area contributed by atoms with Crippen LogP contribution in [0.3, 0.4) is 0 Å². The second-order valence-electron chi connectivity index (χ2n) is 19.2. The lowest BCUT2D eigenvalue weighted by Gasteiger charge is -2.31. The third kappa shape index (κ3) is 7.10. The average molecular weight is 907 g/mol. The molecular weight excluding hydrogens is 857 g/mol. The third-order valence-corrected chi connectivity index (χ3v) is 14.8. The number of nitrogens with zero attached hydrogens (tertiary/aromatic N) is 2. The van der Waals surface area contributed by atoms with E-state index in [2.05, 4.69) is 290 Å². The third-order valence-electron chi connectivity index (χ3n) is 14.8. The van der Waals surface area contributed by atoms with Crippen LogP contribution in [0.2, 0.25) is 0 Å². The van der Waals surface area contributed by atoms with Gasteiger partial charge < -0.3 is 9.47 Å². The summed E-state index contributed by atoms with van der Waals surface area (Å²) in [7, 11) is 0. The van der Waals surface area contributed by atoms with Gasteiger partial charge in [0.1, 0.15) is 0 Å². The molecule has 336 valence electrons. The Labute approximate surface area is 416 Å². The average Bonchev–Trinajstić information content (AvgIpc) is 3.90. The number of fused-ring (bicyclic) bond motifs is 6. The molecule has 11 aromatic carbocycles. The Hall–Kier alpha value is -8.98. The van der Waals surface area contributed by atoms with Gasteiger partial charge in [-0.2, -0.15) is 0 Å². The van der Waals surface area contributed by atoms with Gasteiger partial charge in [0.2, 0.25) is 0 Å². The van der Waals surface area contributed by atoms with E-state index in [1.807, 2.05) is 0 Å². The first-order chi connectivity index (χ1) is 35.0. The van der Waals surface area contributed by atoms with Crippen molar-refractivity contribution in [2.24, 2.45) is 0 Å². The highest BCUT2D eigenvalue weighted by Crippen LogP contribution is 2.53. The lowest BCUT2D eigenvalue weighted by Crippen LogP contribution is -2.14. The predicted molar refractivity (Wildman–Crippen MR) is 300 cm³/mol. The molecule has 1 aromatic heterocycles. The van der Waals surface area contributed by atoms with Crippen LogP contribution in [0.25, 0.3) is 94.3 Å². The maximum absolute atomic E-state index is 2.52. The van der Waals surface area contributed by atoms with E-state index in [-0.39, 0.29) is 5.41 Å². The zero-order chi connectivity index (χ0) is 47.5. The fraction of sp³-hybridized carbons (Fsp3) is 0.0435. The van der Waals surface area contributed by atoms with Crippen LogP contribution >= 0.6 is 0 Å². The standard InChI is InChI=1S/C69H50N2/c1-69(2)62-38-15-12-32-56(62)61-46-52(42-43-63(61)69)55-35-21-41-66(67(55)48-24-8-4-9-25-48)70(54-31-19-28-51(45-54)50-27-18-26-49(44-50)47-22-6-3-7-23-47)64-39-16-13-33-57(64)59-36-20-37-60-58-34-14-17-40-65(58)71(68(59)60)53-29-10-5-11-30-53/h3-46H,1-2H3. The molecular formula is C69H50N2. The second-order valence-corrected chi connectivity index (χ2v) is 19.2. The quantitative estimate of drug-likeness (QED) is 0.140. The Morgan fingerprint density at radius 2 is 0.859 bits per heavy atom. The number of para-hydroxylation sites is 4. The largest absolute Gasteiger partial charge is 0.309 e. The fourth-order valence-corrected chi connectivity index (χ4v) is 11.5. The molecule has 0 aliphatic heterocycles. The fourth-order valence-electron chi connectivity index (χ4n) is 11.5. The summed E-state index contributed by atoms with van der Waals surface area (Å²) in [6.45, 7) is 4.71. The number of hydrogen-bond donors (Lipinski definition) is 0. The summed E-state index contributed by atoms with van der Waals surface area (Å²) < 4.78 is 2.45. The van der Waals surface area contributed by atoms with Crippen molar-refractivity contribution in [1.29, 1.82) is 0 Å². The van der Waals surface area contributed by atoms with E-state index in [4.69, 9.17) is 0 Å². The van der Waals surface area contributed by atoms with Gasteiger partial charge in [-0.05, 0) is 116 Å². The number of rotatable bonds is 9. The first-order valence-corrected chi connectivity index (χ1v) is 24.7. The molecule has 2 heteroatoms. The maximum Gasteiger partial charge on any atom is 0.0620 e. The highest BCUT2D eigenvalue weighted by atomic mass is 15.1. The van der Waals surface area contributed by atoms with Crippen molar-refractivity contribution in [2.45, 2.75) is 19.3 Å². The minimum absolute atomic E-state index is 0.0875. The second kappa shape index (κ2) is 17.2. The van der Waals surface area contributed by atoms with Gasteiger partial charge in [0.25, 0.3) is 0 Å². The Bertz CT molecular complexity index is 3960. The van der Waals surface area contributed by atoms with Crippen molar-refractivity contribution < 1.29 is 0 Å². The van der Waals surface area contributed by atoms with Crippen LogP contribution in [-0.4, -0.2) is 4.57 Å². The molecule has 71 heavy (non-hydrogen) atoms. The molecule has 1 aliphatic carbocycles. The van der Waals surface area contributed by atoms with E-state index in [9.17, 15) is 0 Å². The van der Waals surface area contributed by atoms with Crippen molar-refractivity contribution in [2.75, 3.05) is 4.90 Å². The molecule has 0 fully saturated rings. The number of anilines is 3. The summed E-state index contributed by atoms with van der Waals surface area (Å²) in [5, 5.41) is 2.45. The van der Waals surface area contributed by atoms with Crippen molar-refractivity contribution in [1.82, 2.24) is 4.57 Å². The molecule has 0 N–H and O–H groups in total. The highest BCUT2D eigenvalue weighted by molar-refractivity contribution is 6.15. The summed E-state index contributed by atoms with van der Waals surface area (Å²) in [5.41, 5.74) is 23.7. The van der Waals surface area contributed by atoms with Crippen LogP contribution in [0.5, 0.6) is 0 Å². The van der Waals surface area contributed by atoms with Crippen molar-refractivity contribution >= 4 is 38.9 Å². The first kappa shape index (κ1) is 42.1. The Morgan fingerprint density at radius 1 is 0.324 bits per heavy atom. The molecule has 13 rings (SSSR count). The molecule has 12 aromatic rings. The minimum atomic E-state index is -0.0875. The van der Waals surface area contributed by atoms with Crippen LogP contribution in [-0.2, 0) is 5.41 Å². The molecule has 0 bridgehead atoms. The van der Waals surface area contributed by atoms with Gasteiger partial charge in [-0.1, -0.05) is 226 Å². The topological polar surface area (TPSA) is 8.17 Å². The molecule has 0 amide bonds.